The second-order valence-corrected chi connectivity index (χ2v) is 17.9. The first-order valence-corrected chi connectivity index (χ1v) is 23.2. The molecule has 10 aromatic rings. The normalized spacial score (nSPS) is 12.5. The molecule has 1 aliphatic rings. The van der Waals surface area contributed by atoms with Crippen LogP contribution in [-0.2, 0) is 6.42 Å². The molecule has 0 bridgehead atoms. The molecule has 64 heavy (non-hydrogen) atoms. The number of rotatable bonds is 10. The summed E-state index contributed by atoms with van der Waals surface area (Å²) in [5, 5.41) is 5.04. The topological polar surface area (TPSA) is 0 Å². The third kappa shape index (κ3) is 7.34. The molecule has 1 aliphatic carbocycles. The van der Waals surface area contributed by atoms with E-state index in [4.69, 9.17) is 0 Å². The number of fused-ring (bicyclic) bond motifs is 2. The minimum atomic E-state index is 0.698. The zero-order valence-electron chi connectivity index (χ0n) is 37.0. The predicted molar refractivity (Wildman–Crippen MR) is 275 cm³/mol. The summed E-state index contributed by atoms with van der Waals surface area (Å²) >= 11 is 0. The number of hydrogen-bond acceptors (Lipinski definition) is 0. The standard InChI is InChI=1S/C64H52/c1-4-14-47-17-8-9-19-55(47)60-39-51(25-23-42(60)2)45-29-35-50(36-30-45)64-58-22-13-12-21-57(58)63(59-38-37-53(41-62(59)64)44-15-6-5-7-16-44)49-33-27-46(28-34-49)52-26-24-43(3)61(40-52)56-20-11-10-18-54(56)48-31-32-48/h5-13,15-30,33-41,48H,4,14,31-32H2,1-3H3. The van der Waals surface area contributed by atoms with E-state index in [1.165, 1.54) is 135 Å². The van der Waals surface area contributed by atoms with Crippen molar-refractivity contribution in [2.45, 2.75) is 52.4 Å². The van der Waals surface area contributed by atoms with Crippen molar-refractivity contribution in [2.24, 2.45) is 0 Å². The van der Waals surface area contributed by atoms with Gasteiger partial charge in [0, 0.05) is 0 Å². The number of hydrogen-bond donors (Lipinski definition) is 0. The maximum atomic E-state index is 2.42. The lowest BCUT2D eigenvalue weighted by atomic mass is 9.84. The molecule has 0 aromatic heterocycles. The quantitative estimate of drug-likeness (QED) is 0.121. The summed E-state index contributed by atoms with van der Waals surface area (Å²) < 4.78 is 0. The molecule has 0 N–H and O–H groups in total. The van der Waals surface area contributed by atoms with Crippen molar-refractivity contribution in [3.05, 3.63) is 229 Å². The molecule has 0 nitrogen and oxygen atoms in total. The second-order valence-electron chi connectivity index (χ2n) is 17.9. The monoisotopic (exact) mass is 820 g/mol. The highest BCUT2D eigenvalue weighted by molar-refractivity contribution is 6.22. The third-order valence-corrected chi connectivity index (χ3v) is 13.7. The van der Waals surface area contributed by atoms with Crippen molar-refractivity contribution < 1.29 is 0 Å². The Hall–Kier alpha value is -7.28. The lowest BCUT2D eigenvalue weighted by molar-refractivity contribution is 0.923. The van der Waals surface area contributed by atoms with E-state index in [1.807, 2.05) is 0 Å². The highest BCUT2D eigenvalue weighted by Gasteiger charge is 2.26. The van der Waals surface area contributed by atoms with Crippen molar-refractivity contribution in [2.75, 3.05) is 0 Å². The van der Waals surface area contributed by atoms with Crippen LogP contribution in [0.4, 0.5) is 0 Å². The molecule has 0 spiro atoms. The van der Waals surface area contributed by atoms with Crippen LogP contribution < -0.4 is 0 Å². The Bertz CT molecular complexity index is 3330. The van der Waals surface area contributed by atoms with Gasteiger partial charge in [-0.2, -0.15) is 0 Å². The van der Waals surface area contributed by atoms with E-state index in [0.29, 0.717) is 5.92 Å². The molecule has 1 fully saturated rings. The molecule has 0 heteroatoms. The summed E-state index contributed by atoms with van der Waals surface area (Å²) in [6.07, 6.45) is 4.81. The van der Waals surface area contributed by atoms with Crippen molar-refractivity contribution in [3.8, 4) is 77.9 Å². The van der Waals surface area contributed by atoms with Crippen LogP contribution in [0.25, 0.3) is 99.4 Å². The van der Waals surface area contributed by atoms with Crippen molar-refractivity contribution in [1.29, 1.82) is 0 Å². The first-order chi connectivity index (χ1) is 31.5. The van der Waals surface area contributed by atoms with E-state index < -0.39 is 0 Å². The molecule has 0 amide bonds. The maximum absolute atomic E-state index is 2.42. The summed E-state index contributed by atoms with van der Waals surface area (Å²) in [4.78, 5) is 0. The molecule has 10 aromatic carbocycles. The fraction of sp³-hybridized carbons (Fsp3) is 0.125. The lowest BCUT2D eigenvalue weighted by Crippen LogP contribution is -1.93. The van der Waals surface area contributed by atoms with Crippen LogP contribution in [0.5, 0.6) is 0 Å². The molecule has 0 heterocycles. The van der Waals surface area contributed by atoms with Gasteiger partial charge in [0.25, 0.3) is 0 Å². The Labute approximate surface area is 378 Å². The first kappa shape index (κ1) is 39.6. The minimum Gasteiger partial charge on any atom is -0.0651 e. The molecule has 0 unspecified atom stereocenters. The van der Waals surface area contributed by atoms with E-state index in [1.54, 1.807) is 0 Å². The Morgan fingerprint density at radius 2 is 0.781 bits per heavy atom. The summed E-state index contributed by atoms with van der Waals surface area (Å²) in [6.45, 7) is 6.74. The first-order valence-electron chi connectivity index (χ1n) is 23.2. The molecular formula is C64H52. The largest absolute Gasteiger partial charge is 0.0651 e. The number of benzene rings is 10. The van der Waals surface area contributed by atoms with Crippen LogP contribution in [0.1, 0.15) is 54.4 Å². The van der Waals surface area contributed by atoms with Gasteiger partial charge in [0.15, 0.2) is 0 Å². The second kappa shape index (κ2) is 16.8. The minimum absolute atomic E-state index is 0.698. The third-order valence-electron chi connectivity index (χ3n) is 13.7. The number of aryl methyl sites for hydroxylation is 3. The lowest BCUT2D eigenvalue weighted by Gasteiger charge is -2.19. The Morgan fingerprint density at radius 1 is 0.344 bits per heavy atom. The van der Waals surface area contributed by atoms with Crippen LogP contribution in [0.15, 0.2) is 206 Å². The summed E-state index contributed by atoms with van der Waals surface area (Å²) in [5.41, 5.74) is 23.3. The van der Waals surface area contributed by atoms with Gasteiger partial charge in [0.1, 0.15) is 0 Å². The van der Waals surface area contributed by atoms with Crippen molar-refractivity contribution in [3.63, 3.8) is 0 Å². The molecule has 0 atom stereocenters. The fourth-order valence-corrected chi connectivity index (χ4v) is 10.2. The van der Waals surface area contributed by atoms with E-state index in [9.17, 15) is 0 Å². The van der Waals surface area contributed by atoms with E-state index in [-0.39, 0.29) is 0 Å². The molecule has 0 saturated heterocycles. The molecule has 0 radical (unpaired) electrons. The summed E-state index contributed by atoms with van der Waals surface area (Å²) in [7, 11) is 0. The Morgan fingerprint density at radius 3 is 1.39 bits per heavy atom. The van der Waals surface area contributed by atoms with E-state index in [0.717, 1.165) is 12.8 Å². The molecule has 11 rings (SSSR count). The van der Waals surface area contributed by atoms with E-state index in [2.05, 4.69) is 227 Å². The highest BCUT2D eigenvalue weighted by Crippen LogP contribution is 2.47. The molecule has 0 aliphatic heterocycles. The summed E-state index contributed by atoms with van der Waals surface area (Å²) in [6, 6.07) is 77.4. The van der Waals surface area contributed by atoms with Gasteiger partial charge in [-0.05, 0) is 179 Å². The van der Waals surface area contributed by atoms with Crippen LogP contribution in [0, 0.1) is 13.8 Å². The van der Waals surface area contributed by atoms with Crippen molar-refractivity contribution >= 4 is 21.5 Å². The molecular weight excluding hydrogens is 769 g/mol. The van der Waals surface area contributed by atoms with Crippen molar-refractivity contribution in [1.82, 2.24) is 0 Å². The van der Waals surface area contributed by atoms with Gasteiger partial charge < -0.3 is 0 Å². The van der Waals surface area contributed by atoms with E-state index >= 15 is 0 Å². The van der Waals surface area contributed by atoms with Crippen LogP contribution >= 0.6 is 0 Å². The Kier molecular flexibility index (Phi) is 10.4. The van der Waals surface area contributed by atoms with Gasteiger partial charge in [-0.25, -0.2) is 0 Å². The van der Waals surface area contributed by atoms with Gasteiger partial charge in [0.05, 0.1) is 0 Å². The average Bonchev–Trinajstić information content (AvgIpc) is 4.20. The maximum Gasteiger partial charge on any atom is -0.00261 e. The van der Waals surface area contributed by atoms with Gasteiger partial charge in [-0.1, -0.05) is 201 Å². The smallest absolute Gasteiger partial charge is 0.00261 e. The zero-order valence-corrected chi connectivity index (χ0v) is 37.0. The van der Waals surface area contributed by atoms with Gasteiger partial charge >= 0.3 is 0 Å². The summed E-state index contributed by atoms with van der Waals surface area (Å²) in [5.74, 6) is 0.698. The van der Waals surface area contributed by atoms with Crippen LogP contribution in [-0.4, -0.2) is 0 Å². The SMILES string of the molecule is CCCc1ccccc1-c1cc(-c2ccc(-c3c4ccccc4c(-c4ccc(-c5ccc(C)c(-c6ccccc6C6CC6)c5)cc4)c4ccc(-c5ccccc5)cc34)cc2)ccc1C. The van der Waals surface area contributed by atoms with Gasteiger partial charge in [0.2, 0.25) is 0 Å². The predicted octanol–water partition coefficient (Wildman–Crippen LogP) is 18.1. The molecule has 308 valence electrons. The van der Waals surface area contributed by atoms with Gasteiger partial charge in [-0.15, -0.1) is 0 Å². The van der Waals surface area contributed by atoms with Crippen LogP contribution in [0.2, 0.25) is 0 Å². The Balaban J connectivity index is 1.02. The van der Waals surface area contributed by atoms with Gasteiger partial charge in [-0.3, -0.25) is 0 Å². The fourth-order valence-electron chi connectivity index (χ4n) is 10.2. The van der Waals surface area contributed by atoms with Crippen LogP contribution in [0.3, 0.4) is 0 Å². The highest BCUT2D eigenvalue weighted by atomic mass is 14.3. The molecule has 1 saturated carbocycles. The zero-order chi connectivity index (χ0) is 43.1. The average molecular weight is 821 g/mol.